The van der Waals surface area contributed by atoms with Crippen molar-refractivity contribution in [3.8, 4) is 11.5 Å². The maximum Gasteiger partial charge on any atom is 0.231 e. The van der Waals surface area contributed by atoms with Crippen molar-refractivity contribution in [1.29, 1.82) is 0 Å². The highest BCUT2D eigenvalue weighted by Crippen LogP contribution is 2.38. The van der Waals surface area contributed by atoms with Gasteiger partial charge < -0.3 is 14.3 Å². The maximum absolute atomic E-state index is 5.90. The lowest BCUT2D eigenvalue weighted by atomic mass is 10.1. The van der Waals surface area contributed by atoms with Crippen LogP contribution in [-0.4, -0.2) is 13.4 Å². The Balaban J connectivity index is 2.29. The number of benzene rings is 1. The van der Waals surface area contributed by atoms with Crippen molar-refractivity contribution in [1.82, 2.24) is 0 Å². The minimum atomic E-state index is 0.242. The summed E-state index contributed by atoms with van der Waals surface area (Å²) in [7, 11) is 0. The van der Waals surface area contributed by atoms with E-state index in [-0.39, 0.29) is 6.79 Å². The second-order valence-electron chi connectivity index (χ2n) is 2.92. The van der Waals surface area contributed by atoms with Crippen molar-refractivity contribution >= 4 is 11.6 Å². The number of rotatable bonds is 3. The molecule has 1 aliphatic rings. The monoisotopic (exact) mass is 215 g/mol. The van der Waals surface area contributed by atoms with Crippen LogP contribution in [0.4, 0.5) is 0 Å². The van der Waals surface area contributed by atoms with E-state index in [2.05, 4.69) is 4.84 Å². The van der Waals surface area contributed by atoms with E-state index in [0.29, 0.717) is 23.8 Å². The van der Waals surface area contributed by atoms with E-state index in [0.717, 1.165) is 11.3 Å². The zero-order chi connectivity index (χ0) is 9.97. The van der Waals surface area contributed by atoms with Crippen molar-refractivity contribution in [3.05, 3.63) is 22.7 Å². The van der Waals surface area contributed by atoms with E-state index in [9.17, 15) is 0 Å². The zero-order valence-electron chi connectivity index (χ0n) is 7.46. The topological polar surface area (TPSA) is 53.7 Å². The molecule has 5 heteroatoms. The summed E-state index contributed by atoms with van der Waals surface area (Å²) < 4.78 is 10.5. The van der Waals surface area contributed by atoms with E-state index >= 15 is 0 Å². The van der Waals surface area contributed by atoms with E-state index in [1.807, 2.05) is 6.07 Å². The minimum absolute atomic E-state index is 0.242. The van der Waals surface area contributed by atoms with E-state index in [4.69, 9.17) is 27.0 Å². The van der Waals surface area contributed by atoms with Crippen molar-refractivity contribution in [2.24, 2.45) is 5.90 Å². The molecule has 1 heterocycles. The fraction of sp³-hybridized carbons (Fsp3) is 0.333. The van der Waals surface area contributed by atoms with Gasteiger partial charge in [0.15, 0.2) is 11.5 Å². The number of halogens is 1. The molecule has 4 nitrogen and oxygen atoms in total. The first kappa shape index (κ1) is 9.58. The summed E-state index contributed by atoms with van der Waals surface area (Å²) in [5.41, 5.74) is 0.954. The molecular weight excluding hydrogens is 206 g/mol. The third-order valence-corrected chi connectivity index (χ3v) is 2.22. The Hall–Kier alpha value is -0.970. The van der Waals surface area contributed by atoms with E-state index < -0.39 is 0 Å². The van der Waals surface area contributed by atoms with Gasteiger partial charge in [-0.25, -0.2) is 5.90 Å². The van der Waals surface area contributed by atoms with Gasteiger partial charge in [-0.2, -0.15) is 0 Å². The van der Waals surface area contributed by atoms with Crippen molar-refractivity contribution in [3.63, 3.8) is 0 Å². The van der Waals surface area contributed by atoms with Crippen LogP contribution in [0.1, 0.15) is 5.56 Å². The number of nitrogens with two attached hydrogens (primary N) is 1. The summed E-state index contributed by atoms with van der Waals surface area (Å²) >= 11 is 5.90. The van der Waals surface area contributed by atoms with Gasteiger partial charge in [0.05, 0.1) is 6.61 Å². The molecule has 0 radical (unpaired) electrons. The average Bonchev–Trinajstić information content (AvgIpc) is 2.61. The molecule has 0 spiro atoms. The predicted octanol–water partition coefficient (Wildman–Crippen LogP) is 1.50. The van der Waals surface area contributed by atoms with Gasteiger partial charge in [-0.3, -0.25) is 0 Å². The van der Waals surface area contributed by atoms with Crippen LogP contribution in [0.25, 0.3) is 0 Å². The molecule has 1 aliphatic heterocycles. The summed E-state index contributed by atoms with van der Waals surface area (Å²) in [5.74, 6) is 6.38. The lowest BCUT2D eigenvalue weighted by Gasteiger charge is -2.05. The van der Waals surface area contributed by atoms with Gasteiger partial charge in [0, 0.05) is 23.1 Å². The standard InChI is InChI=1S/C9H10ClNO3/c10-7-3-6(1-2-14-11)9-8(4-7)12-5-13-9/h3-4H,1-2,5,11H2. The third-order valence-electron chi connectivity index (χ3n) is 2.00. The Bertz CT molecular complexity index is 343. The summed E-state index contributed by atoms with van der Waals surface area (Å²) in [6.07, 6.45) is 0.656. The Kier molecular flexibility index (Phi) is 2.77. The van der Waals surface area contributed by atoms with Crippen LogP contribution >= 0.6 is 11.6 Å². The van der Waals surface area contributed by atoms with E-state index in [1.54, 1.807) is 6.07 Å². The summed E-state index contributed by atoms with van der Waals surface area (Å²) in [4.78, 5) is 4.51. The molecule has 2 N–H and O–H groups in total. The summed E-state index contributed by atoms with van der Waals surface area (Å²) in [6, 6.07) is 3.56. The maximum atomic E-state index is 5.90. The Labute approximate surface area is 86.5 Å². The van der Waals surface area contributed by atoms with Gasteiger partial charge in [0.2, 0.25) is 6.79 Å². The van der Waals surface area contributed by atoms with Crippen LogP contribution in [0.5, 0.6) is 11.5 Å². The highest BCUT2D eigenvalue weighted by molar-refractivity contribution is 6.30. The molecule has 0 unspecified atom stereocenters. The Morgan fingerprint density at radius 3 is 3.07 bits per heavy atom. The number of ether oxygens (including phenoxy) is 2. The first-order valence-corrected chi connectivity index (χ1v) is 4.59. The second kappa shape index (κ2) is 4.04. The Morgan fingerprint density at radius 1 is 1.43 bits per heavy atom. The first-order chi connectivity index (χ1) is 6.81. The third kappa shape index (κ3) is 1.77. The minimum Gasteiger partial charge on any atom is -0.454 e. The molecule has 2 rings (SSSR count). The molecule has 0 atom stereocenters. The van der Waals surface area contributed by atoms with Crippen molar-refractivity contribution < 1.29 is 14.3 Å². The molecule has 1 aromatic rings. The van der Waals surface area contributed by atoms with Crippen LogP contribution in [0.2, 0.25) is 5.02 Å². The SMILES string of the molecule is NOCCc1cc(Cl)cc2c1OCO2. The van der Waals surface area contributed by atoms with Crippen LogP contribution in [0, 0.1) is 0 Å². The second-order valence-corrected chi connectivity index (χ2v) is 3.36. The molecule has 76 valence electrons. The molecule has 0 amide bonds. The van der Waals surface area contributed by atoms with Gasteiger partial charge in [-0.1, -0.05) is 11.6 Å². The molecule has 0 saturated heterocycles. The molecule has 1 aromatic carbocycles. The number of hydrogen-bond donors (Lipinski definition) is 1. The lowest BCUT2D eigenvalue weighted by molar-refractivity contribution is 0.139. The molecule has 0 aliphatic carbocycles. The van der Waals surface area contributed by atoms with Gasteiger partial charge >= 0.3 is 0 Å². The zero-order valence-corrected chi connectivity index (χ0v) is 8.21. The smallest absolute Gasteiger partial charge is 0.231 e. The molecule has 0 saturated carbocycles. The number of fused-ring (bicyclic) bond motifs is 1. The molecule has 0 aromatic heterocycles. The quantitative estimate of drug-likeness (QED) is 0.777. The van der Waals surface area contributed by atoms with Gasteiger partial charge in [-0.05, 0) is 6.07 Å². The van der Waals surface area contributed by atoms with Crippen LogP contribution in [0.3, 0.4) is 0 Å². The van der Waals surface area contributed by atoms with Crippen molar-refractivity contribution in [2.45, 2.75) is 6.42 Å². The largest absolute Gasteiger partial charge is 0.454 e. The van der Waals surface area contributed by atoms with E-state index in [1.165, 1.54) is 0 Å². The van der Waals surface area contributed by atoms with Crippen molar-refractivity contribution in [2.75, 3.05) is 13.4 Å². The fourth-order valence-electron chi connectivity index (χ4n) is 1.40. The lowest BCUT2D eigenvalue weighted by Crippen LogP contribution is -2.04. The van der Waals surface area contributed by atoms with Crippen LogP contribution in [-0.2, 0) is 11.3 Å². The van der Waals surface area contributed by atoms with Crippen LogP contribution < -0.4 is 15.4 Å². The van der Waals surface area contributed by atoms with Crippen LogP contribution in [0.15, 0.2) is 12.1 Å². The highest BCUT2D eigenvalue weighted by Gasteiger charge is 2.18. The summed E-state index contributed by atoms with van der Waals surface area (Å²) in [6.45, 7) is 0.669. The predicted molar refractivity (Wildman–Crippen MR) is 51.4 cm³/mol. The molecular formula is C9H10ClNO3. The average molecular weight is 216 g/mol. The summed E-state index contributed by atoms with van der Waals surface area (Å²) in [5, 5.41) is 0.626. The number of hydrogen-bond acceptors (Lipinski definition) is 4. The molecule has 14 heavy (non-hydrogen) atoms. The molecule has 0 bridgehead atoms. The molecule has 0 fully saturated rings. The van der Waals surface area contributed by atoms with Gasteiger partial charge in [-0.15, -0.1) is 0 Å². The highest BCUT2D eigenvalue weighted by atomic mass is 35.5. The van der Waals surface area contributed by atoms with Gasteiger partial charge in [0.25, 0.3) is 0 Å². The van der Waals surface area contributed by atoms with Gasteiger partial charge in [0.1, 0.15) is 0 Å². The Morgan fingerprint density at radius 2 is 2.29 bits per heavy atom. The fourth-order valence-corrected chi connectivity index (χ4v) is 1.63. The first-order valence-electron chi connectivity index (χ1n) is 4.21. The normalized spacial score (nSPS) is 13.3.